The van der Waals surface area contributed by atoms with Crippen LogP contribution in [0.25, 0.3) is 0 Å². The third-order valence-corrected chi connectivity index (χ3v) is 5.60. The standard InChI is InChI=1S/C19H24N2O3S/c1-5-16-8-6-7-14(3)18(16)20-19(22)15(4)21-25(23,24)17-11-9-13(2)10-12-17/h6-12,15,21H,5H2,1-4H3,(H,20,22). The van der Waals surface area contributed by atoms with E-state index in [2.05, 4.69) is 10.0 Å². The number of nitrogens with one attached hydrogen (secondary N) is 2. The van der Waals surface area contributed by atoms with Gasteiger partial charge in [0.15, 0.2) is 0 Å². The zero-order valence-electron chi connectivity index (χ0n) is 15.0. The summed E-state index contributed by atoms with van der Waals surface area (Å²) in [6.07, 6.45) is 0.779. The van der Waals surface area contributed by atoms with Crippen molar-refractivity contribution in [2.24, 2.45) is 0 Å². The molecule has 5 nitrogen and oxygen atoms in total. The maximum Gasteiger partial charge on any atom is 0.242 e. The van der Waals surface area contributed by atoms with Gasteiger partial charge in [-0.3, -0.25) is 4.79 Å². The number of benzene rings is 2. The fraction of sp³-hybridized carbons (Fsp3) is 0.316. The van der Waals surface area contributed by atoms with Gasteiger partial charge in [0.2, 0.25) is 15.9 Å². The van der Waals surface area contributed by atoms with Gasteiger partial charge in [0.05, 0.1) is 10.9 Å². The molecule has 2 rings (SSSR count). The largest absolute Gasteiger partial charge is 0.324 e. The van der Waals surface area contributed by atoms with Crippen LogP contribution in [-0.2, 0) is 21.2 Å². The van der Waals surface area contributed by atoms with E-state index in [0.29, 0.717) is 0 Å². The van der Waals surface area contributed by atoms with Crippen LogP contribution in [0.15, 0.2) is 47.4 Å². The first-order valence-corrected chi connectivity index (χ1v) is 9.71. The summed E-state index contributed by atoms with van der Waals surface area (Å²) in [7, 11) is -3.75. The Balaban J connectivity index is 2.14. The molecule has 1 unspecified atom stereocenters. The molecule has 0 aromatic heterocycles. The topological polar surface area (TPSA) is 75.3 Å². The molecule has 2 aromatic carbocycles. The Morgan fingerprint density at radius 3 is 2.32 bits per heavy atom. The van der Waals surface area contributed by atoms with Gasteiger partial charge in [0.25, 0.3) is 0 Å². The van der Waals surface area contributed by atoms with Crippen LogP contribution >= 0.6 is 0 Å². The molecule has 134 valence electrons. The monoisotopic (exact) mass is 360 g/mol. The third-order valence-electron chi connectivity index (χ3n) is 4.04. The summed E-state index contributed by atoms with van der Waals surface area (Å²) in [5.74, 6) is -0.389. The minimum atomic E-state index is -3.75. The van der Waals surface area contributed by atoms with Crippen molar-refractivity contribution in [3.05, 3.63) is 59.2 Å². The summed E-state index contributed by atoms with van der Waals surface area (Å²) in [5, 5.41) is 2.85. The van der Waals surface area contributed by atoms with Crippen molar-refractivity contribution < 1.29 is 13.2 Å². The number of amides is 1. The van der Waals surface area contributed by atoms with Crippen LogP contribution in [0.4, 0.5) is 5.69 Å². The predicted molar refractivity (Wildman–Crippen MR) is 100 cm³/mol. The van der Waals surface area contributed by atoms with Crippen LogP contribution < -0.4 is 10.0 Å². The molecule has 0 saturated heterocycles. The molecule has 0 saturated carbocycles. The number of carbonyl (C=O) groups excluding carboxylic acids is 1. The van der Waals surface area contributed by atoms with Gasteiger partial charge in [-0.1, -0.05) is 42.8 Å². The number of carbonyl (C=O) groups is 1. The van der Waals surface area contributed by atoms with Crippen LogP contribution in [0.1, 0.15) is 30.5 Å². The van der Waals surface area contributed by atoms with E-state index in [4.69, 9.17) is 0 Å². The second kappa shape index (κ2) is 7.80. The Morgan fingerprint density at radius 1 is 1.08 bits per heavy atom. The molecule has 0 spiro atoms. The van der Waals surface area contributed by atoms with E-state index in [1.807, 2.05) is 39.0 Å². The van der Waals surface area contributed by atoms with Crippen molar-refractivity contribution >= 4 is 21.6 Å². The van der Waals surface area contributed by atoms with Gasteiger partial charge in [0.1, 0.15) is 0 Å². The molecule has 2 aromatic rings. The first-order valence-electron chi connectivity index (χ1n) is 8.23. The number of para-hydroxylation sites is 1. The maximum atomic E-state index is 12.5. The minimum Gasteiger partial charge on any atom is -0.324 e. The van der Waals surface area contributed by atoms with E-state index >= 15 is 0 Å². The van der Waals surface area contributed by atoms with Crippen LogP contribution in [0, 0.1) is 13.8 Å². The molecule has 0 fully saturated rings. The van der Waals surface area contributed by atoms with E-state index in [0.717, 1.165) is 28.8 Å². The van der Waals surface area contributed by atoms with Gasteiger partial charge in [-0.05, 0) is 50.5 Å². The molecule has 1 atom stereocenters. The van der Waals surface area contributed by atoms with Gasteiger partial charge in [-0.15, -0.1) is 0 Å². The Morgan fingerprint density at radius 2 is 1.72 bits per heavy atom. The van der Waals surface area contributed by atoms with Crippen molar-refractivity contribution in [3.8, 4) is 0 Å². The fourth-order valence-corrected chi connectivity index (χ4v) is 3.71. The Kier molecular flexibility index (Phi) is 5.98. The van der Waals surface area contributed by atoms with E-state index in [1.165, 1.54) is 19.1 Å². The Labute approximate surface area is 149 Å². The number of hydrogen-bond donors (Lipinski definition) is 2. The number of aryl methyl sites for hydroxylation is 3. The highest BCUT2D eigenvalue weighted by Crippen LogP contribution is 2.21. The zero-order valence-corrected chi connectivity index (χ0v) is 15.8. The van der Waals surface area contributed by atoms with Crippen molar-refractivity contribution in [1.29, 1.82) is 0 Å². The quantitative estimate of drug-likeness (QED) is 0.831. The summed E-state index contributed by atoms with van der Waals surface area (Å²) < 4.78 is 27.2. The van der Waals surface area contributed by atoms with Crippen LogP contribution in [0.5, 0.6) is 0 Å². The molecule has 0 aliphatic heterocycles. The first-order chi connectivity index (χ1) is 11.7. The summed E-state index contributed by atoms with van der Waals surface area (Å²) in [6, 6.07) is 11.4. The van der Waals surface area contributed by atoms with Crippen molar-refractivity contribution in [2.75, 3.05) is 5.32 Å². The molecule has 6 heteroatoms. The molecule has 0 heterocycles. The van der Waals surface area contributed by atoms with Crippen LogP contribution in [0.2, 0.25) is 0 Å². The van der Waals surface area contributed by atoms with Crippen LogP contribution in [-0.4, -0.2) is 20.4 Å². The molecule has 0 aliphatic carbocycles. The molecule has 25 heavy (non-hydrogen) atoms. The Bertz CT molecular complexity index is 859. The van der Waals surface area contributed by atoms with Gasteiger partial charge < -0.3 is 5.32 Å². The second-order valence-corrected chi connectivity index (χ2v) is 7.82. The lowest BCUT2D eigenvalue weighted by atomic mass is 10.1. The summed E-state index contributed by atoms with van der Waals surface area (Å²) in [6.45, 7) is 7.34. The highest BCUT2D eigenvalue weighted by molar-refractivity contribution is 7.89. The fourth-order valence-electron chi connectivity index (χ4n) is 2.51. The van der Waals surface area contributed by atoms with Crippen molar-refractivity contribution in [2.45, 2.75) is 45.1 Å². The van der Waals surface area contributed by atoms with Gasteiger partial charge in [-0.2, -0.15) is 4.72 Å². The number of rotatable bonds is 6. The van der Waals surface area contributed by atoms with E-state index < -0.39 is 16.1 Å². The molecule has 0 radical (unpaired) electrons. The highest BCUT2D eigenvalue weighted by atomic mass is 32.2. The van der Waals surface area contributed by atoms with Gasteiger partial charge in [0, 0.05) is 5.69 Å². The average Bonchev–Trinajstić information content (AvgIpc) is 2.56. The van der Waals surface area contributed by atoms with E-state index in [9.17, 15) is 13.2 Å². The number of hydrogen-bond acceptors (Lipinski definition) is 3. The molecular formula is C19H24N2O3S. The lowest BCUT2D eigenvalue weighted by Crippen LogP contribution is -2.41. The van der Waals surface area contributed by atoms with Crippen LogP contribution in [0.3, 0.4) is 0 Å². The lowest BCUT2D eigenvalue weighted by molar-refractivity contribution is -0.117. The predicted octanol–water partition coefficient (Wildman–Crippen LogP) is 3.17. The van der Waals surface area contributed by atoms with Crippen molar-refractivity contribution in [3.63, 3.8) is 0 Å². The zero-order chi connectivity index (χ0) is 18.6. The number of anilines is 1. The molecular weight excluding hydrogens is 336 g/mol. The maximum absolute atomic E-state index is 12.5. The SMILES string of the molecule is CCc1cccc(C)c1NC(=O)C(C)NS(=O)(=O)c1ccc(C)cc1. The molecule has 0 bridgehead atoms. The molecule has 1 amide bonds. The average molecular weight is 360 g/mol. The number of sulfonamides is 1. The Hall–Kier alpha value is -2.18. The lowest BCUT2D eigenvalue weighted by Gasteiger charge is -2.17. The second-order valence-electron chi connectivity index (χ2n) is 6.11. The van der Waals surface area contributed by atoms with Gasteiger partial charge >= 0.3 is 0 Å². The van der Waals surface area contributed by atoms with Gasteiger partial charge in [-0.25, -0.2) is 8.42 Å². The summed E-state index contributed by atoms with van der Waals surface area (Å²) >= 11 is 0. The van der Waals surface area contributed by atoms with E-state index in [1.54, 1.807) is 12.1 Å². The smallest absolute Gasteiger partial charge is 0.242 e. The highest BCUT2D eigenvalue weighted by Gasteiger charge is 2.22. The minimum absolute atomic E-state index is 0.142. The molecule has 2 N–H and O–H groups in total. The summed E-state index contributed by atoms with van der Waals surface area (Å²) in [5.41, 5.74) is 3.68. The third kappa shape index (κ3) is 4.67. The normalized spacial score (nSPS) is 12.6. The van der Waals surface area contributed by atoms with Crippen molar-refractivity contribution in [1.82, 2.24) is 4.72 Å². The molecule has 0 aliphatic rings. The first kappa shape index (κ1) is 19.1. The summed E-state index contributed by atoms with van der Waals surface area (Å²) in [4.78, 5) is 12.6. The van der Waals surface area contributed by atoms with E-state index in [-0.39, 0.29) is 10.8 Å².